The normalized spacial score (nSPS) is 60.9. The van der Waals surface area contributed by atoms with E-state index in [9.17, 15) is 30.6 Å². The van der Waals surface area contributed by atoms with Gasteiger partial charge in [-0.1, -0.05) is 27.7 Å². The van der Waals surface area contributed by atoms with Crippen molar-refractivity contribution < 1.29 is 44.8 Å². The van der Waals surface area contributed by atoms with Gasteiger partial charge in [0.25, 0.3) is 0 Å². The summed E-state index contributed by atoms with van der Waals surface area (Å²) in [6.45, 7) is 15.1. The number of hydrogen-bond donors (Lipinski definition) is 6. The highest BCUT2D eigenvalue weighted by Gasteiger charge is 2.85. The first-order valence-corrected chi connectivity index (χ1v) is 17.4. The fraction of sp³-hybridized carbons (Fsp3) is 1.00. The van der Waals surface area contributed by atoms with Crippen LogP contribution >= 0.6 is 0 Å². The van der Waals surface area contributed by atoms with Gasteiger partial charge in [0.1, 0.15) is 18.3 Å². The van der Waals surface area contributed by atoms with Crippen molar-refractivity contribution in [3.05, 3.63) is 0 Å². The second-order valence-corrected chi connectivity index (χ2v) is 18.2. The Hall–Kier alpha value is -0.360. The van der Waals surface area contributed by atoms with Crippen molar-refractivity contribution in [1.82, 2.24) is 0 Å². The van der Waals surface area contributed by atoms with Crippen LogP contribution in [-0.2, 0) is 14.2 Å². The minimum absolute atomic E-state index is 0.00512. The van der Waals surface area contributed by atoms with Crippen molar-refractivity contribution in [2.24, 2.45) is 44.8 Å². The lowest BCUT2D eigenvalue weighted by Gasteiger charge is -2.65. The van der Waals surface area contributed by atoms with Gasteiger partial charge in [-0.2, -0.15) is 0 Å². The number of hydrogen-bond acceptors (Lipinski definition) is 9. The van der Waals surface area contributed by atoms with E-state index >= 15 is 0 Å². The molecule has 0 bridgehead atoms. The first-order chi connectivity index (χ1) is 20.3. The highest BCUT2D eigenvalue weighted by molar-refractivity contribution is 5.33. The maximum Gasteiger partial charge on any atom is 0.186 e. The van der Waals surface area contributed by atoms with E-state index in [1.54, 1.807) is 0 Å². The third-order valence-electron chi connectivity index (χ3n) is 15.6. The molecule has 252 valence electrons. The Morgan fingerprint density at radius 2 is 1.39 bits per heavy atom. The first kappa shape index (κ1) is 32.2. The van der Waals surface area contributed by atoms with Gasteiger partial charge in [-0.3, -0.25) is 0 Å². The molecule has 2 aliphatic heterocycles. The first-order valence-electron chi connectivity index (χ1n) is 17.4. The van der Waals surface area contributed by atoms with Gasteiger partial charge in [0.2, 0.25) is 0 Å². The molecule has 6 N–H and O–H groups in total. The van der Waals surface area contributed by atoms with E-state index in [-0.39, 0.29) is 46.2 Å². The average molecular weight is 623 g/mol. The number of aliphatic hydroxyl groups excluding tert-OH is 6. The molecule has 44 heavy (non-hydrogen) atoms. The van der Waals surface area contributed by atoms with E-state index in [4.69, 9.17) is 14.2 Å². The molecule has 2 saturated heterocycles. The minimum atomic E-state index is -1.33. The SMILES string of the molecule is CC1(C)O[C@@](C)([C@H]2[C@@H](O)C[C@@]3(C)[C@@H]4C[C@H](O)[C@H]5C(C)(C)[C@@H](O[C@@H]6OC[C@@H](O)[C@H](O)[C@H]6O)CC[C@@]56C[C@@]46CC[C@]23C)CC[C@@H]1O. The molecule has 0 unspecified atom stereocenters. The van der Waals surface area contributed by atoms with Crippen LogP contribution < -0.4 is 0 Å². The molecule has 7 fully saturated rings. The van der Waals surface area contributed by atoms with Crippen LogP contribution in [0.3, 0.4) is 0 Å². The van der Waals surface area contributed by atoms with Gasteiger partial charge in [0.15, 0.2) is 6.29 Å². The number of fused-ring (bicyclic) bond motifs is 2. The van der Waals surface area contributed by atoms with Crippen molar-refractivity contribution in [2.75, 3.05) is 6.61 Å². The second-order valence-electron chi connectivity index (χ2n) is 18.2. The number of rotatable bonds is 3. The highest BCUT2D eigenvalue weighted by atomic mass is 16.7. The molecule has 0 aromatic heterocycles. The summed E-state index contributed by atoms with van der Waals surface area (Å²) in [5, 5.41) is 65.5. The summed E-state index contributed by atoms with van der Waals surface area (Å²) in [7, 11) is 0. The zero-order valence-electron chi connectivity index (χ0n) is 27.8. The highest BCUT2D eigenvalue weighted by Crippen LogP contribution is 2.89. The monoisotopic (exact) mass is 622 g/mol. The minimum Gasteiger partial charge on any atom is -0.393 e. The Morgan fingerprint density at radius 3 is 2.07 bits per heavy atom. The van der Waals surface area contributed by atoms with Crippen LogP contribution in [0.1, 0.15) is 106 Å². The van der Waals surface area contributed by atoms with Crippen LogP contribution in [0, 0.1) is 44.8 Å². The van der Waals surface area contributed by atoms with Crippen molar-refractivity contribution >= 4 is 0 Å². The molecule has 5 aliphatic carbocycles. The van der Waals surface area contributed by atoms with E-state index in [0.717, 1.165) is 38.5 Å². The maximum atomic E-state index is 12.1. The molecule has 2 heterocycles. The average Bonchev–Trinajstić information content (AvgIpc) is 3.50. The van der Waals surface area contributed by atoms with Gasteiger partial charge in [0.05, 0.1) is 42.2 Å². The smallest absolute Gasteiger partial charge is 0.186 e. The fourth-order valence-corrected chi connectivity index (χ4v) is 13.5. The van der Waals surface area contributed by atoms with Crippen molar-refractivity contribution in [3.63, 3.8) is 0 Å². The van der Waals surface area contributed by atoms with Gasteiger partial charge in [-0.15, -0.1) is 0 Å². The lowest BCUT2D eigenvalue weighted by Crippen LogP contribution is -2.64. The lowest BCUT2D eigenvalue weighted by molar-refractivity contribution is -0.307. The molecular weight excluding hydrogens is 564 g/mol. The van der Waals surface area contributed by atoms with E-state index in [1.807, 2.05) is 13.8 Å². The van der Waals surface area contributed by atoms with Gasteiger partial charge in [0, 0.05) is 5.92 Å². The molecule has 16 atom stereocenters. The fourth-order valence-electron chi connectivity index (χ4n) is 13.5. The number of ether oxygens (including phenoxy) is 3. The number of aliphatic hydroxyl groups is 6. The molecule has 5 saturated carbocycles. The quantitative estimate of drug-likeness (QED) is 0.261. The van der Waals surface area contributed by atoms with Gasteiger partial charge < -0.3 is 44.8 Å². The molecule has 7 aliphatic rings. The summed E-state index contributed by atoms with van der Waals surface area (Å²) in [5.41, 5.74) is -1.81. The summed E-state index contributed by atoms with van der Waals surface area (Å²) < 4.78 is 18.8. The molecule has 9 heteroatoms. The molecule has 7 rings (SSSR count). The van der Waals surface area contributed by atoms with Gasteiger partial charge >= 0.3 is 0 Å². The Balaban J connectivity index is 1.16. The van der Waals surface area contributed by atoms with Crippen molar-refractivity contribution in [1.29, 1.82) is 0 Å². The van der Waals surface area contributed by atoms with Crippen LogP contribution in [-0.4, -0.2) is 97.5 Å². The van der Waals surface area contributed by atoms with Gasteiger partial charge in [-0.05, 0) is 117 Å². The lowest BCUT2D eigenvalue weighted by atomic mass is 9.41. The van der Waals surface area contributed by atoms with E-state index in [0.29, 0.717) is 25.2 Å². The zero-order chi connectivity index (χ0) is 32.0. The Morgan fingerprint density at radius 1 is 0.682 bits per heavy atom. The van der Waals surface area contributed by atoms with E-state index in [1.165, 1.54) is 0 Å². The summed E-state index contributed by atoms with van der Waals surface area (Å²) in [6, 6.07) is 0. The van der Waals surface area contributed by atoms with E-state index in [2.05, 4.69) is 34.6 Å². The van der Waals surface area contributed by atoms with Crippen LogP contribution in [0.5, 0.6) is 0 Å². The third kappa shape index (κ3) is 3.91. The van der Waals surface area contributed by atoms with Crippen LogP contribution in [0.25, 0.3) is 0 Å². The molecule has 0 amide bonds. The molecule has 9 nitrogen and oxygen atoms in total. The van der Waals surface area contributed by atoms with Crippen LogP contribution in [0.15, 0.2) is 0 Å². The van der Waals surface area contributed by atoms with E-state index < -0.39 is 59.5 Å². The molecule has 0 aromatic carbocycles. The van der Waals surface area contributed by atoms with Crippen molar-refractivity contribution in [3.8, 4) is 0 Å². The van der Waals surface area contributed by atoms with Crippen LogP contribution in [0.4, 0.5) is 0 Å². The standard InChI is InChI=1S/C35H58O9/c1-29(2)23(43-28-25(41)24(40)20(38)16-42-28)9-11-35-17-34(35)13-12-31(5)27(33(7)10-8-22(39)30(3,4)44-33)19(37)15-32(31,6)21(34)14-18(36)26(29)35/h18-28,36-41H,8-17H2,1-7H3/t18-,19-,20+,21-,22-,23-,24-,25+,26-,27-,28-,31+,32-,33+,34-,35+/m0/s1. The molecule has 0 radical (unpaired) electrons. The largest absolute Gasteiger partial charge is 0.393 e. The molecule has 0 aromatic rings. The third-order valence-corrected chi connectivity index (χ3v) is 15.6. The van der Waals surface area contributed by atoms with Gasteiger partial charge in [-0.25, -0.2) is 0 Å². The Bertz CT molecular complexity index is 1160. The zero-order valence-corrected chi connectivity index (χ0v) is 27.8. The topological polar surface area (TPSA) is 149 Å². The molecule has 2 spiro atoms. The van der Waals surface area contributed by atoms with Crippen LogP contribution in [0.2, 0.25) is 0 Å². The summed E-state index contributed by atoms with van der Waals surface area (Å²) in [4.78, 5) is 0. The summed E-state index contributed by atoms with van der Waals surface area (Å²) >= 11 is 0. The predicted molar refractivity (Wildman–Crippen MR) is 161 cm³/mol. The maximum absolute atomic E-state index is 12.1. The second kappa shape index (κ2) is 9.63. The summed E-state index contributed by atoms with van der Waals surface area (Å²) in [5.74, 6) is 0.265. The molecular formula is C35H58O9. The Kier molecular flexibility index (Phi) is 7.04. The summed E-state index contributed by atoms with van der Waals surface area (Å²) in [6.07, 6.45) is 1.04. The predicted octanol–water partition coefficient (Wildman–Crippen LogP) is 2.90. The van der Waals surface area contributed by atoms with Crippen molar-refractivity contribution in [2.45, 2.75) is 166 Å². The Labute approximate surface area is 262 Å².